The first kappa shape index (κ1) is 19.5. The Hall–Kier alpha value is -3.28. The summed E-state index contributed by atoms with van der Waals surface area (Å²) in [6, 6.07) is 12.5. The van der Waals surface area contributed by atoms with E-state index < -0.39 is 0 Å². The molecule has 2 aromatic carbocycles. The third kappa shape index (κ3) is 4.52. The number of nitrogens with one attached hydrogen (secondary N) is 2. The standard InChI is InChI=1S/C22H23FN4O/c1-3-15-9-7-10-16(4-2)20(15)27-22-25-13-18(14-26-22)21(28)24-12-17-8-5-6-11-19(17)23/h5-11,13-14H,3-4,12H2,1-2H3,(H,24,28)(H,25,26,27). The number of benzene rings is 2. The number of rotatable bonds is 7. The largest absolute Gasteiger partial charge is 0.348 e. The van der Waals surface area contributed by atoms with Gasteiger partial charge in [0.25, 0.3) is 5.91 Å². The third-order valence-corrected chi connectivity index (χ3v) is 4.55. The van der Waals surface area contributed by atoms with Crippen LogP contribution < -0.4 is 10.6 Å². The summed E-state index contributed by atoms with van der Waals surface area (Å²) in [4.78, 5) is 20.8. The summed E-state index contributed by atoms with van der Waals surface area (Å²) in [5, 5.41) is 5.95. The number of aromatic nitrogens is 2. The second-order valence-corrected chi connectivity index (χ2v) is 6.35. The van der Waals surface area contributed by atoms with Gasteiger partial charge in [-0.25, -0.2) is 14.4 Å². The predicted molar refractivity (Wildman–Crippen MR) is 108 cm³/mol. The Labute approximate surface area is 164 Å². The van der Waals surface area contributed by atoms with E-state index in [1.807, 2.05) is 6.07 Å². The smallest absolute Gasteiger partial charge is 0.254 e. The summed E-state index contributed by atoms with van der Waals surface area (Å²) in [7, 11) is 0. The average Bonchev–Trinajstić information content (AvgIpc) is 2.73. The third-order valence-electron chi connectivity index (χ3n) is 4.55. The number of hydrogen-bond donors (Lipinski definition) is 2. The van der Waals surface area contributed by atoms with Crippen LogP contribution in [0.2, 0.25) is 0 Å². The molecule has 0 saturated heterocycles. The minimum absolute atomic E-state index is 0.106. The molecular formula is C22H23FN4O. The number of aryl methyl sites for hydroxylation is 2. The van der Waals surface area contributed by atoms with Crippen molar-refractivity contribution in [2.45, 2.75) is 33.2 Å². The molecule has 0 saturated carbocycles. The highest BCUT2D eigenvalue weighted by Gasteiger charge is 2.11. The van der Waals surface area contributed by atoms with E-state index in [0.717, 1.165) is 18.5 Å². The molecule has 1 heterocycles. The van der Waals surface area contributed by atoms with Crippen LogP contribution >= 0.6 is 0 Å². The van der Waals surface area contributed by atoms with Crippen LogP contribution in [0.3, 0.4) is 0 Å². The van der Waals surface area contributed by atoms with Crippen molar-refractivity contribution in [3.8, 4) is 0 Å². The fourth-order valence-corrected chi connectivity index (χ4v) is 2.94. The molecule has 5 nitrogen and oxygen atoms in total. The minimum atomic E-state index is -0.349. The van der Waals surface area contributed by atoms with E-state index in [1.165, 1.54) is 29.6 Å². The molecule has 0 aliphatic heterocycles. The van der Waals surface area contributed by atoms with Crippen molar-refractivity contribution in [1.82, 2.24) is 15.3 Å². The van der Waals surface area contributed by atoms with Gasteiger partial charge >= 0.3 is 0 Å². The van der Waals surface area contributed by atoms with Crippen LogP contribution in [0.25, 0.3) is 0 Å². The molecule has 28 heavy (non-hydrogen) atoms. The molecule has 0 fully saturated rings. The van der Waals surface area contributed by atoms with Gasteiger partial charge in [0.05, 0.1) is 5.56 Å². The van der Waals surface area contributed by atoms with Crippen molar-refractivity contribution in [1.29, 1.82) is 0 Å². The average molecular weight is 378 g/mol. The second kappa shape index (κ2) is 9.08. The lowest BCUT2D eigenvalue weighted by molar-refractivity contribution is 0.0950. The summed E-state index contributed by atoms with van der Waals surface area (Å²) < 4.78 is 13.6. The van der Waals surface area contributed by atoms with E-state index in [4.69, 9.17) is 0 Å². The van der Waals surface area contributed by atoms with Crippen LogP contribution in [-0.4, -0.2) is 15.9 Å². The number of halogens is 1. The van der Waals surface area contributed by atoms with Gasteiger partial charge in [0.15, 0.2) is 0 Å². The number of nitrogens with zero attached hydrogens (tertiary/aromatic N) is 2. The SMILES string of the molecule is CCc1cccc(CC)c1Nc1ncc(C(=O)NCc2ccccc2F)cn1. The maximum atomic E-state index is 13.6. The highest BCUT2D eigenvalue weighted by molar-refractivity contribution is 5.93. The maximum Gasteiger partial charge on any atom is 0.254 e. The molecule has 0 atom stereocenters. The summed E-state index contributed by atoms with van der Waals surface area (Å²) in [6.45, 7) is 4.31. The fraction of sp³-hybridized carbons (Fsp3) is 0.227. The van der Waals surface area contributed by atoms with Gasteiger partial charge in [0, 0.05) is 30.2 Å². The number of carbonyl (C=O) groups excluding carboxylic acids is 1. The summed E-state index contributed by atoms with van der Waals surface area (Å²) in [6.07, 6.45) is 4.72. The van der Waals surface area contributed by atoms with Gasteiger partial charge in [-0.1, -0.05) is 50.2 Å². The first-order valence-electron chi connectivity index (χ1n) is 9.33. The molecule has 0 radical (unpaired) electrons. The van der Waals surface area contributed by atoms with Gasteiger partial charge in [-0.3, -0.25) is 4.79 Å². The molecule has 0 unspecified atom stereocenters. The highest BCUT2D eigenvalue weighted by Crippen LogP contribution is 2.25. The van der Waals surface area contributed by atoms with Crippen LogP contribution in [0, 0.1) is 5.82 Å². The molecule has 2 N–H and O–H groups in total. The summed E-state index contributed by atoms with van der Waals surface area (Å²) in [5.41, 5.74) is 4.15. The molecule has 0 bridgehead atoms. The van der Waals surface area contributed by atoms with Crippen LogP contribution in [-0.2, 0) is 19.4 Å². The first-order chi connectivity index (χ1) is 13.6. The first-order valence-corrected chi connectivity index (χ1v) is 9.33. The number of carbonyl (C=O) groups is 1. The Bertz CT molecular complexity index is 935. The molecule has 0 aliphatic carbocycles. The molecule has 1 aromatic heterocycles. The molecule has 3 rings (SSSR count). The molecule has 0 aliphatic rings. The molecule has 144 valence electrons. The molecule has 3 aromatic rings. The maximum absolute atomic E-state index is 13.6. The fourth-order valence-electron chi connectivity index (χ4n) is 2.94. The van der Waals surface area contributed by atoms with Gasteiger partial charge < -0.3 is 10.6 Å². The number of anilines is 2. The van der Waals surface area contributed by atoms with Crippen molar-refractivity contribution in [2.75, 3.05) is 5.32 Å². The lowest BCUT2D eigenvalue weighted by Crippen LogP contribution is -2.23. The lowest BCUT2D eigenvalue weighted by Gasteiger charge is -2.14. The van der Waals surface area contributed by atoms with E-state index >= 15 is 0 Å². The van der Waals surface area contributed by atoms with E-state index in [1.54, 1.807) is 18.2 Å². The Morgan fingerprint density at radius 3 is 2.14 bits per heavy atom. The van der Waals surface area contributed by atoms with Gasteiger partial charge in [0.1, 0.15) is 5.82 Å². The topological polar surface area (TPSA) is 66.9 Å². The van der Waals surface area contributed by atoms with Gasteiger partial charge in [-0.2, -0.15) is 0 Å². The summed E-state index contributed by atoms with van der Waals surface area (Å²) >= 11 is 0. The number of para-hydroxylation sites is 1. The second-order valence-electron chi connectivity index (χ2n) is 6.35. The molecule has 0 spiro atoms. The molecular weight excluding hydrogens is 355 g/mol. The van der Waals surface area contributed by atoms with E-state index in [0.29, 0.717) is 17.1 Å². The van der Waals surface area contributed by atoms with Crippen LogP contribution in [0.5, 0.6) is 0 Å². The zero-order valence-corrected chi connectivity index (χ0v) is 16.0. The molecule has 6 heteroatoms. The van der Waals surface area contributed by atoms with Crippen molar-refractivity contribution in [2.24, 2.45) is 0 Å². The quantitative estimate of drug-likeness (QED) is 0.639. The zero-order chi connectivity index (χ0) is 19.9. The lowest BCUT2D eigenvalue weighted by atomic mass is 10.0. The molecule has 1 amide bonds. The van der Waals surface area contributed by atoms with E-state index in [-0.39, 0.29) is 18.3 Å². The van der Waals surface area contributed by atoms with Crippen molar-refractivity contribution in [3.05, 3.63) is 82.9 Å². The van der Waals surface area contributed by atoms with Crippen molar-refractivity contribution < 1.29 is 9.18 Å². The summed E-state index contributed by atoms with van der Waals surface area (Å²) in [5.74, 6) is -0.265. The van der Waals surface area contributed by atoms with Crippen LogP contribution in [0.15, 0.2) is 54.9 Å². The Morgan fingerprint density at radius 2 is 1.54 bits per heavy atom. The Balaban J connectivity index is 1.68. The van der Waals surface area contributed by atoms with E-state index in [2.05, 4.69) is 46.6 Å². The van der Waals surface area contributed by atoms with Crippen molar-refractivity contribution in [3.63, 3.8) is 0 Å². The van der Waals surface area contributed by atoms with Gasteiger partial charge in [-0.05, 0) is 30.0 Å². The van der Waals surface area contributed by atoms with Crippen molar-refractivity contribution >= 4 is 17.5 Å². The van der Waals surface area contributed by atoms with Gasteiger partial charge in [-0.15, -0.1) is 0 Å². The number of amides is 1. The minimum Gasteiger partial charge on any atom is -0.348 e. The van der Waals surface area contributed by atoms with Gasteiger partial charge in [0.2, 0.25) is 5.95 Å². The van der Waals surface area contributed by atoms with Crippen LogP contribution in [0.4, 0.5) is 16.0 Å². The predicted octanol–water partition coefficient (Wildman–Crippen LogP) is 4.41. The Kier molecular flexibility index (Phi) is 6.32. The normalized spacial score (nSPS) is 10.5. The zero-order valence-electron chi connectivity index (χ0n) is 16.0. The monoisotopic (exact) mass is 378 g/mol. The van der Waals surface area contributed by atoms with E-state index in [9.17, 15) is 9.18 Å². The van der Waals surface area contributed by atoms with Crippen LogP contribution in [0.1, 0.15) is 40.9 Å². The highest BCUT2D eigenvalue weighted by atomic mass is 19.1. The number of hydrogen-bond acceptors (Lipinski definition) is 4. The Morgan fingerprint density at radius 1 is 0.929 bits per heavy atom.